The molecule has 19 heavy (non-hydrogen) atoms. The molecule has 7 heteroatoms. The first-order valence-electron chi connectivity index (χ1n) is 6.14. The van der Waals surface area contributed by atoms with Gasteiger partial charge in [-0.05, 0) is 13.5 Å². The molecule has 0 unspecified atom stereocenters. The topological polar surface area (TPSA) is 73.7 Å². The summed E-state index contributed by atoms with van der Waals surface area (Å²) in [5.74, 6) is -0.891. The molecule has 0 spiro atoms. The van der Waals surface area contributed by atoms with Crippen LogP contribution in [0.4, 0.5) is 5.13 Å². The number of anilines is 1. The minimum atomic E-state index is -0.851. The summed E-state index contributed by atoms with van der Waals surface area (Å²) < 4.78 is 0. The number of carboxylic acid groups (broad SMARTS) is 1. The van der Waals surface area contributed by atoms with E-state index in [9.17, 15) is 9.59 Å². The van der Waals surface area contributed by atoms with Crippen molar-refractivity contribution in [2.45, 2.75) is 27.3 Å². The molecule has 0 aliphatic rings. The van der Waals surface area contributed by atoms with Crippen molar-refractivity contribution in [3.63, 3.8) is 0 Å². The van der Waals surface area contributed by atoms with Crippen LogP contribution in [-0.2, 0) is 16.1 Å². The summed E-state index contributed by atoms with van der Waals surface area (Å²) >= 11 is 1.40. The molecule has 0 bridgehead atoms. The number of aromatic nitrogens is 1. The van der Waals surface area contributed by atoms with E-state index in [-0.39, 0.29) is 12.5 Å². The Labute approximate surface area is 116 Å². The van der Waals surface area contributed by atoms with E-state index in [0.717, 1.165) is 5.69 Å². The van der Waals surface area contributed by atoms with Gasteiger partial charge in [-0.1, -0.05) is 6.92 Å². The lowest BCUT2D eigenvalue weighted by molar-refractivity contribution is -0.138. The predicted octanol–water partition coefficient (Wildman–Crippen LogP) is 1.42. The Balaban J connectivity index is 2.73. The predicted molar refractivity (Wildman–Crippen MR) is 74.4 cm³/mol. The first-order chi connectivity index (χ1) is 8.97. The third kappa shape index (κ3) is 4.60. The molecule has 0 saturated carbocycles. The highest BCUT2D eigenvalue weighted by molar-refractivity contribution is 7.14. The second-order valence-electron chi connectivity index (χ2n) is 4.08. The van der Waals surface area contributed by atoms with Crippen LogP contribution in [0.2, 0.25) is 0 Å². The van der Waals surface area contributed by atoms with E-state index < -0.39 is 5.97 Å². The molecule has 0 radical (unpaired) electrons. The van der Waals surface area contributed by atoms with Crippen molar-refractivity contribution >= 4 is 28.3 Å². The smallest absolute Gasteiger partial charge is 0.317 e. The van der Waals surface area contributed by atoms with Crippen LogP contribution >= 0.6 is 11.3 Å². The van der Waals surface area contributed by atoms with Crippen LogP contribution < -0.4 is 4.90 Å². The van der Waals surface area contributed by atoms with Gasteiger partial charge in [-0.25, -0.2) is 4.98 Å². The second kappa shape index (κ2) is 7.20. The molecule has 6 nitrogen and oxygen atoms in total. The summed E-state index contributed by atoms with van der Waals surface area (Å²) in [6.07, 6.45) is 0. The molecule has 1 aromatic heterocycles. The fourth-order valence-electron chi connectivity index (χ4n) is 1.69. The van der Waals surface area contributed by atoms with Crippen molar-refractivity contribution in [2.24, 2.45) is 0 Å². The summed E-state index contributed by atoms with van der Waals surface area (Å²) in [5.41, 5.74) is 0.794. The molecule has 0 aliphatic heterocycles. The highest BCUT2D eigenvalue weighted by Gasteiger charge is 2.15. The van der Waals surface area contributed by atoms with Gasteiger partial charge in [0.05, 0.1) is 12.2 Å². The Morgan fingerprint density at radius 1 is 1.37 bits per heavy atom. The van der Waals surface area contributed by atoms with E-state index in [1.54, 1.807) is 9.80 Å². The largest absolute Gasteiger partial charge is 0.480 e. The molecular weight excluding hydrogens is 266 g/mol. The van der Waals surface area contributed by atoms with Crippen molar-refractivity contribution < 1.29 is 14.7 Å². The van der Waals surface area contributed by atoms with Gasteiger partial charge in [-0.15, -0.1) is 11.3 Å². The molecule has 1 rings (SSSR count). The van der Waals surface area contributed by atoms with Crippen molar-refractivity contribution in [1.29, 1.82) is 0 Å². The molecule has 0 saturated heterocycles. The van der Waals surface area contributed by atoms with Gasteiger partial charge in [0.2, 0.25) is 5.91 Å². The Morgan fingerprint density at radius 2 is 2.05 bits per heavy atom. The number of hydrogen-bond donors (Lipinski definition) is 1. The number of aliphatic carboxylic acids is 1. The SMILES string of the molecule is CCN(CC(=O)O)Cc1csc(N(CC)C(C)=O)n1. The van der Waals surface area contributed by atoms with Crippen molar-refractivity contribution in [2.75, 3.05) is 24.5 Å². The average Bonchev–Trinajstić information content (AvgIpc) is 2.76. The maximum absolute atomic E-state index is 11.4. The number of nitrogens with zero attached hydrogens (tertiary/aromatic N) is 3. The third-order valence-corrected chi connectivity index (χ3v) is 3.57. The Morgan fingerprint density at radius 3 is 2.53 bits per heavy atom. The minimum Gasteiger partial charge on any atom is -0.480 e. The zero-order valence-electron chi connectivity index (χ0n) is 11.4. The van der Waals surface area contributed by atoms with Gasteiger partial charge in [-0.2, -0.15) is 0 Å². The number of rotatable bonds is 7. The third-order valence-electron chi connectivity index (χ3n) is 2.66. The highest BCUT2D eigenvalue weighted by atomic mass is 32.1. The normalized spacial score (nSPS) is 10.7. The zero-order valence-corrected chi connectivity index (χ0v) is 12.2. The molecule has 1 heterocycles. The van der Waals surface area contributed by atoms with Gasteiger partial charge in [0.15, 0.2) is 5.13 Å². The fraction of sp³-hybridized carbons (Fsp3) is 0.583. The molecule has 0 fully saturated rings. The second-order valence-corrected chi connectivity index (χ2v) is 4.92. The van der Waals surface area contributed by atoms with E-state index in [0.29, 0.717) is 24.8 Å². The maximum atomic E-state index is 11.4. The molecule has 1 N–H and O–H groups in total. The van der Waals surface area contributed by atoms with Gasteiger partial charge in [-0.3, -0.25) is 19.4 Å². The van der Waals surface area contributed by atoms with Crippen LogP contribution in [0.15, 0.2) is 5.38 Å². The van der Waals surface area contributed by atoms with Crippen LogP contribution in [0, 0.1) is 0 Å². The number of carbonyl (C=O) groups excluding carboxylic acids is 1. The number of carbonyl (C=O) groups is 2. The molecular formula is C12H19N3O3S. The van der Waals surface area contributed by atoms with Crippen LogP contribution in [-0.4, -0.2) is 46.5 Å². The Kier molecular flexibility index (Phi) is 5.91. The number of thiazole rings is 1. The molecule has 106 valence electrons. The summed E-state index contributed by atoms with van der Waals surface area (Å²) in [4.78, 5) is 29.9. The lowest BCUT2D eigenvalue weighted by atomic mass is 10.4. The molecule has 0 aliphatic carbocycles. The van der Waals surface area contributed by atoms with Crippen LogP contribution in [0.1, 0.15) is 26.5 Å². The van der Waals surface area contributed by atoms with Crippen LogP contribution in [0.3, 0.4) is 0 Å². The Hall–Kier alpha value is -1.47. The van der Waals surface area contributed by atoms with Gasteiger partial charge in [0.1, 0.15) is 0 Å². The van der Waals surface area contributed by atoms with Crippen LogP contribution in [0.5, 0.6) is 0 Å². The van der Waals surface area contributed by atoms with Crippen LogP contribution in [0.25, 0.3) is 0 Å². The lowest BCUT2D eigenvalue weighted by Gasteiger charge is -2.17. The van der Waals surface area contributed by atoms with Gasteiger partial charge in [0, 0.05) is 25.4 Å². The maximum Gasteiger partial charge on any atom is 0.317 e. The number of hydrogen-bond acceptors (Lipinski definition) is 5. The summed E-state index contributed by atoms with van der Waals surface area (Å²) in [6.45, 7) is 7.00. The monoisotopic (exact) mass is 285 g/mol. The summed E-state index contributed by atoms with van der Waals surface area (Å²) in [7, 11) is 0. The number of likely N-dealkylation sites (N-methyl/N-ethyl adjacent to an activating group) is 1. The van der Waals surface area contributed by atoms with Crippen molar-refractivity contribution in [1.82, 2.24) is 9.88 Å². The number of amides is 1. The summed E-state index contributed by atoms with van der Waals surface area (Å²) in [5, 5.41) is 11.3. The molecule has 0 atom stereocenters. The van der Waals surface area contributed by atoms with E-state index in [1.807, 2.05) is 19.2 Å². The minimum absolute atomic E-state index is 0.00639. The zero-order chi connectivity index (χ0) is 14.4. The Bertz CT molecular complexity index is 447. The van der Waals surface area contributed by atoms with Gasteiger partial charge < -0.3 is 5.11 Å². The summed E-state index contributed by atoms with van der Waals surface area (Å²) in [6, 6.07) is 0. The average molecular weight is 285 g/mol. The molecule has 0 aromatic carbocycles. The first kappa shape index (κ1) is 15.6. The van der Waals surface area contributed by atoms with Gasteiger partial charge >= 0.3 is 5.97 Å². The first-order valence-corrected chi connectivity index (χ1v) is 7.02. The molecule has 1 amide bonds. The van der Waals surface area contributed by atoms with E-state index >= 15 is 0 Å². The fourth-order valence-corrected chi connectivity index (χ4v) is 2.61. The quantitative estimate of drug-likeness (QED) is 0.820. The van der Waals surface area contributed by atoms with E-state index in [1.165, 1.54) is 18.3 Å². The lowest BCUT2D eigenvalue weighted by Crippen LogP contribution is -2.30. The van der Waals surface area contributed by atoms with Crippen molar-refractivity contribution in [3.05, 3.63) is 11.1 Å². The van der Waals surface area contributed by atoms with E-state index in [2.05, 4.69) is 4.98 Å². The van der Waals surface area contributed by atoms with E-state index in [4.69, 9.17) is 5.11 Å². The number of carboxylic acids is 1. The van der Waals surface area contributed by atoms with Gasteiger partial charge in [0.25, 0.3) is 0 Å². The van der Waals surface area contributed by atoms with Crippen molar-refractivity contribution in [3.8, 4) is 0 Å². The highest BCUT2D eigenvalue weighted by Crippen LogP contribution is 2.21. The standard InChI is InChI=1S/C12H19N3O3S/c1-4-14(7-11(17)18)6-10-8-19-12(13-10)15(5-2)9(3)16/h8H,4-7H2,1-3H3,(H,17,18). The molecule has 1 aromatic rings.